The van der Waals surface area contributed by atoms with Crippen molar-refractivity contribution in [2.75, 3.05) is 31.6 Å². The molecule has 2 aliphatic heterocycles. The van der Waals surface area contributed by atoms with Crippen molar-refractivity contribution in [2.45, 2.75) is 55.1 Å². The van der Waals surface area contributed by atoms with Crippen LogP contribution in [0.1, 0.15) is 43.7 Å². The molecule has 9 heteroatoms. The van der Waals surface area contributed by atoms with E-state index in [2.05, 4.69) is 24.1 Å². The zero-order valence-corrected chi connectivity index (χ0v) is 24.3. The predicted octanol–water partition coefficient (Wildman–Crippen LogP) is 6.36. The highest BCUT2D eigenvalue weighted by Crippen LogP contribution is 2.39. The number of piperidine rings is 2. The summed E-state index contributed by atoms with van der Waals surface area (Å²) >= 11 is 6.04. The largest absolute Gasteiger partial charge is 0.448 e. The minimum atomic E-state index is -3.88. The van der Waals surface area contributed by atoms with E-state index in [0.29, 0.717) is 37.0 Å². The fourth-order valence-corrected chi connectivity index (χ4v) is 7.83. The van der Waals surface area contributed by atoms with Gasteiger partial charge in [0.15, 0.2) is 0 Å². The first kappa shape index (κ1) is 28.5. The summed E-state index contributed by atoms with van der Waals surface area (Å²) in [5.41, 5.74) is 2.09. The van der Waals surface area contributed by atoms with Crippen LogP contribution < -0.4 is 4.90 Å². The number of halogens is 1. The summed E-state index contributed by atoms with van der Waals surface area (Å²) in [6, 6.07) is 25.7. The Bertz CT molecular complexity index is 1360. The lowest BCUT2D eigenvalue weighted by Gasteiger charge is -2.41. The number of rotatable bonds is 7. The van der Waals surface area contributed by atoms with Gasteiger partial charge >= 0.3 is 6.09 Å². The molecule has 0 spiro atoms. The molecule has 40 heavy (non-hydrogen) atoms. The van der Waals surface area contributed by atoms with E-state index < -0.39 is 16.1 Å². The van der Waals surface area contributed by atoms with Crippen LogP contribution in [0, 0.1) is 0 Å². The molecule has 0 radical (unpaired) electrons. The van der Waals surface area contributed by atoms with Gasteiger partial charge in [0.2, 0.25) is 10.0 Å². The molecule has 0 saturated carbocycles. The van der Waals surface area contributed by atoms with Gasteiger partial charge in [-0.1, -0.05) is 60.1 Å². The number of hydrogen-bond acceptors (Lipinski definition) is 5. The lowest BCUT2D eigenvalue weighted by Crippen LogP contribution is -2.49. The third-order valence-electron chi connectivity index (χ3n) is 8.09. The summed E-state index contributed by atoms with van der Waals surface area (Å²) in [5.74, 6) is 0. The van der Waals surface area contributed by atoms with Crippen LogP contribution in [0.25, 0.3) is 0 Å². The number of ether oxygens (including phenoxy) is 1. The number of nitrogens with zero attached hydrogens (tertiary/aromatic N) is 3. The Morgan fingerprint density at radius 3 is 2.17 bits per heavy atom. The molecule has 2 fully saturated rings. The Morgan fingerprint density at radius 2 is 1.52 bits per heavy atom. The number of carbonyl (C=O) groups excluding carboxylic acids is 1. The van der Waals surface area contributed by atoms with Crippen molar-refractivity contribution >= 4 is 33.4 Å². The zero-order chi connectivity index (χ0) is 28.1. The van der Waals surface area contributed by atoms with E-state index in [1.165, 1.54) is 12.1 Å². The van der Waals surface area contributed by atoms with E-state index in [0.717, 1.165) is 30.5 Å². The molecule has 0 N–H and O–H groups in total. The van der Waals surface area contributed by atoms with Crippen LogP contribution in [0.4, 0.5) is 10.5 Å². The molecule has 7 nitrogen and oxygen atoms in total. The Kier molecular flexibility index (Phi) is 8.98. The molecule has 0 unspecified atom stereocenters. The summed E-state index contributed by atoms with van der Waals surface area (Å²) in [7, 11) is -1.78. The van der Waals surface area contributed by atoms with Crippen LogP contribution in [0.5, 0.6) is 0 Å². The molecule has 2 atom stereocenters. The van der Waals surface area contributed by atoms with Crippen LogP contribution in [0.2, 0.25) is 5.02 Å². The van der Waals surface area contributed by atoms with Gasteiger partial charge in [-0.15, -0.1) is 0 Å². The fourth-order valence-electron chi connectivity index (χ4n) is 5.86. The SMILES string of the molecule is CN(c1ccccc1)C1CCN(C(=O)OC[C@H]2CCC[C@@H](c3ccccc3)N2S(=O)(=O)c2ccc(Cl)cc2)CC1. The lowest BCUT2D eigenvalue weighted by atomic mass is 9.93. The van der Waals surface area contributed by atoms with Gasteiger partial charge in [0.1, 0.15) is 6.61 Å². The van der Waals surface area contributed by atoms with E-state index in [1.54, 1.807) is 21.3 Å². The quantitative estimate of drug-likeness (QED) is 0.325. The molecule has 3 aromatic carbocycles. The third kappa shape index (κ3) is 6.29. The Hall–Kier alpha value is -3.07. The first-order valence-electron chi connectivity index (χ1n) is 13.9. The number of hydrogen-bond donors (Lipinski definition) is 0. The van der Waals surface area contributed by atoms with E-state index in [1.807, 2.05) is 48.5 Å². The maximum Gasteiger partial charge on any atom is 0.409 e. The van der Waals surface area contributed by atoms with E-state index >= 15 is 0 Å². The summed E-state index contributed by atoms with van der Waals surface area (Å²) in [6.07, 6.45) is 3.46. The molecule has 0 bridgehead atoms. The topological polar surface area (TPSA) is 70.2 Å². The Morgan fingerprint density at radius 1 is 0.900 bits per heavy atom. The molecule has 212 valence electrons. The molecule has 1 amide bonds. The third-order valence-corrected chi connectivity index (χ3v) is 10.3. The van der Waals surface area contributed by atoms with Gasteiger partial charge in [0.05, 0.1) is 17.0 Å². The predicted molar refractivity (Wildman–Crippen MR) is 158 cm³/mol. The number of amides is 1. The molecular weight excluding hydrogens is 546 g/mol. The van der Waals surface area contributed by atoms with Gasteiger partial charge < -0.3 is 14.5 Å². The molecule has 2 aliphatic rings. The van der Waals surface area contributed by atoms with Crippen molar-refractivity contribution < 1.29 is 17.9 Å². The average Bonchev–Trinajstić information content (AvgIpc) is 3.00. The Labute approximate surface area is 242 Å². The van der Waals surface area contributed by atoms with Crippen LogP contribution in [0.3, 0.4) is 0 Å². The van der Waals surface area contributed by atoms with Crippen LogP contribution in [0.15, 0.2) is 89.8 Å². The normalized spacial score (nSPS) is 20.7. The van der Waals surface area contributed by atoms with E-state index in [9.17, 15) is 13.2 Å². The monoisotopic (exact) mass is 581 g/mol. The number of anilines is 1. The van der Waals surface area contributed by atoms with Crippen LogP contribution in [-0.2, 0) is 14.8 Å². The average molecular weight is 582 g/mol. The first-order valence-corrected chi connectivity index (χ1v) is 15.7. The van der Waals surface area contributed by atoms with Crippen molar-refractivity contribution in [3.63, 3.8) is 0 Å². The summed E-state index contributed by atoms with van der Waals surface area (Å²) < 4.78 is 35.3. The summed E-state index contributed by atoms with van der Waals surface area (Å²) in [5, 5.41) is 0.474. The van der Waals surface area contributed by atoms with Gasteiger partial charge in [0, 0.05) is 36.9 Å². The standard InChI is InChI=1S/C31H36ClN3O4S/c1-33(26-11-6-3-7-12-26)27-19-21-34(22-20-27)31(36)39-23-28-13-8-14-30(24-9-4-2-5-10-24)35(28)40(37,38)29-17-15-25(32)16-18-29/h2-7,9-12,15-18,27-28,30H,8,13-14,19-23H2,1H3/t28-,30+/m1/s1. The van der Waals surface area contributed by atoms with Gasteiger partial charge in [0.25, 0.3) is 0 Å². The molecule has 2 saturated heterocycles. The zero-order valence-electron chi connectivity index (χ0n) is 22.7. The highest BCUT2D eigenvalue weighted by Gasteiger charge is 2.41. The first-order chi connectivity index (χ1) is 19.3. The van der Waals surface area contributed by atoms with Crippen LogP contribution in [-0.4, -0.2) is 62.5 Å². The second-order valence-electron chi connectivity index (χ2n) is 10.5. The fraction of sp³-hybridized carbons (Fsp3) is 0.387. The number of likely N-dealkylation sites (tertiary alicyclic amines) is 1. The minimum Gasteiger partial charge on any atom is -0.448 e. The lowest BCUT2D eigenvalue weighted by molar-refractivity contribution is 0.0569. The maximum absolute atomic E-state index is 14.0. The second-order valence-corrected chi connectivity index (χ2v) is 12.8. The highest BCUT2D eigenvalue weighted by atomic mass is 35.5. The minimum absolute atomic E-state index is 0.0127. The van der Waals surface area contributed by atoms with Gasteiger partial charge in [-0.05, 0) is 74.1 Å². The molecule has 0 aromatic heterocycles. The number of para-hydroxylation sites is 1. The second kappa shape index (κ2) is 12.6. The number of carbonyl (C=O) groups is 1. The van der Waals surface area contributed by atoms with E-state index in [4.69, 9.17) is 16.3 Å². The Balaban J connectivity index is 1.27. The van der Waals surface area contributed by atoms with Gasteiger partial charge in [-0.2, -0.15) is 4.31 Å². The van der Waals surface area contributed by atoms with Gasteiger partial charge in [-0.3, -0.25) is 0 Å². The molecule has 3 aromatic rings. The van der Waals surface area contributed by atoms with E-state index in [-0.39, 0.29) is 23.6 Å². The van der Waals surface area contributed by atoms with Crippen molar-refractivity contribution in [2.24, 2.45) is 0 Å². The molecule has 5 rings (SSSR count). The van der Waals surface area contributed by atoms with Crippen molar-refractivity contribution in [1.82, 2.24) is 9.21 Å². The number of benzene rings is 3. The number of sulfonamides is 1. The van der Waals surface area contributed by atoms with Crippen molar-refractivity contribution in [3.8, 4) is 0 Å². The summed E-state index contributed by atoms with van der Waals surface area (Å²) in [4.78, 5) is 17.3. The maximum atomic E-state index is 14.0. The molecule has 2 heterocycles. The van der Waals surface area contributed by atoms with Gasteiger partial charge in [-0.25, -0.2) is 13.2 Å². The molecule has 0 aliphatic carbocycles. The van der Waals surface area contributed by atoms with Crippen molar-refractivity contribution in [3.05, 3.63) is 95.5 Å². The summed E-state index contributed by atoms with van der Waals surface area (Å²) in [6.45, 7) is 1.22. The smallest absolute Gasteiger partial charge is 0.409 e. The molecular formula is C31H36ClN3O4S. The highest BCUT2D eigenvalue weighted by molar-refractivity contribution is 7.89. The van der Waals surface area contributed by atoms with Crippen LogP contribution >= 0.6 is 11.6 Å². The van der Waals surface area contributed by atoms with Crippen molar-refractivity contribution in [1.29, 1.82) is 0 Å².